The number of carbonyl (C=O) groups excluding carboxylic acids is 3. The molecule has 0 aliphatic rings. The Labute approximate surface area is 448 Å². The summed E-state index contributed by atoms with van der Waals surface area (Å²) in [4.78, 5) is 38.3. The second kappa shape index (κ2) is 61.2. The number of unbranched alkanes of at least 4 members (excludes halogenated alkanes) is 42. The van der Waals surface area contributed by atoms with E-state index in [1.54, 1.807) is 0 Å². The van der Waals surface area contributed by atoms with Gasteiger partial charge in [0.2, 0.25) is 0 Å². The van der Waals surface area contributed by atoms with Crippen LogP contribution in [0.3, 0.4) is 0 Å². The number of hydrogen-bond acceptors (Lipinski definition) is 6. The van der Waals surface area contributed by atoms with Crippen LogP contribution < -0.4 is 0 Å². The number of esters is 3. The lowest BCUT2D eigenvalue weighted by Gasteiger charge is -2.18. The van der Waals surface area contributed by atoms with Crippen molar-refractivity contribution >= 4 is 17.9 Å². The van der Waals surface area contributed by atoms with Crippen molar-refractivity contribution in [3.63, 3.8) is 0 Å². The topological polar surface area (TPSA) is 78.9 Å². The molecule has 0 fully saturated rings. The fourth-order valence-electron chi connectivity index (χ4n) is 9.53. The molecule has 6 nitrogen and oxygen atoms in total. The highest BCUT2D eigenvalue weighted by Crippen LogP contribution is 2.17. The number of hydrogen-bond donors (Lipinski definition) is 0. The first-order valence-corrected chi connectivity index (χ1v) is 32.0. The van der Waals surface area contributed by atoms with Crippen molar-refractivity contribution in [2.75, 3.05) is 13.2 Å². The Morgan fingerprint density at radius 1 is 0.278 bits per heavy atom. The quantitative estimate of drug-likeness (QED) is 0.0261. The van der Waals surface area contributed by atoms with E-state index < -0.39 is 6.10 Å². The first-order chi connectivity index (χ1) is 35.5. The molecule has 0 amide bonds. The zero-order valence-electron chi connectivity index (χ0n) is 48.5. The number of carbonyl (C=O) groups is 3. The van der Waals surface area contributed by atoms with E-state index in [-0.39, 0.29) is 31.1 Å². The smallest absolute Gasteiger partial charge is 0.306 e. The Morgan fingerprint density at radius 2 is 0.500 bits per heavy atom. The zero-order valence-corrected chi connectivity index (χ0v) is 48.5. The highest BCUT2D eigenvalue weighted by atomic mass is 16.6. The van der Waals surface area contributed by atoms with Gasteiger partial charge in [-0.25, -0.2) is 0 Å². The van der Waals surface area contributed by atoms with Crippen molar-refractivity contribution < 1.29 is 28.6 Å². The Hall–Kier alpha value is -2.37. The van der Waals surface area contributed by atoms with Crippen LogP contribution in [0.1, 0.15) is 348 Å². The van der Waals surface area contributed by atoms with E-state index in [2.05, 4.69) is 57.2 Å². The van der Waals surface area contributed by atoms with Crippen molar-refractivity contribution in [1.29, 1.82) is 0 Å². The molecule has 6 heteroatoms. The summed E-state index contributed by atoms with van der Waals surface area (Å²) in [5, 5.41) is 0. The molecule has 0 aromatic heterocycles. The minimum absolute atomic E-state index is 0.0710. The summed E-state index contributed by atoms with van der Waals surface area (Å²) in [6.45, 7) is 6.67. The third-order valence-electron chi connectivity index (χ3n) is 14.4. The number of allylic oxidation sites excluding steroid dienone is 6. The standard InChI is InChI=1S/C66H122O6/c1-4-7-10-13-16-19-22-25-28-29-30-31-32-33-34-35-36-37-39-41-44-47-50-53-56-59-65(68)71-62-63(61-70-64(67)58-55-52-49-46-43-40-27-24-21-18-15-12-9-6-3)72-66(69)60-57-54-51-48-45-42-38-26-23-20-17-14-11-8-5-2/h22,25-26,29-30,38,63H,4-21,23-24,27-28,31-37,39-62H2,1-3H3/b25-22-,30-29-,38-26-. The Balaban J connectivity index is 4.25. The summed E-state index contributed by atoms with van der Waals surface area (Å²) in [6.07, 6.45) is 74.3. The van der Waals surface area contributed by atoms with Gasteiger partial charge in [0.25, 0.3) is 0 Å². The van der Waals surface area contributed by atoms with Gasteiger partial charge in [0.05, 0.1) is 0 Å². The van der Waals surface area contributed by atoms with E-state index in [4.69, 9.17) is 14.2 Å². The van der Waals surface area contributed by atoms with E-state index in [0.29, 0.717) is 19.3 Å². The summed E-state index contributed by atoms with van der Waals surface area (Å²) >= 11 is 0. The van der Waals surface area contributed by atoms with E-state index in [1.165, 1.54) is 238 Å². The average Bonchev–Trinajstić information content (AvgIpc) is 3.38. The minimum Gasteiger partial charge on any atom is -0.462 e. The summed E-state index contributed by atoms with van der Waals surface area (Å²) in [6, 6.07) is 0. The third kappa shape index (κ3) is 58.5. The lowest BCUT2D eigenvalue weighted by atomic mass is 10.0. The molecule has 72 heavy (non-hydrogen) atoms. The van der Waals surface area contributed by atoms with Gasteiger partial charge in [0.1, 0.15) is 13.2 Å². The maximum Gasteiger partial charge on any atom is 0.306 e. The van der Waals surface area contributed by atoms with Crippen LogP contribution in [0.25, 0.3) is 0 Å². The Morgan fingerprint density at radius 3 is 0.778 bits per heavy atom. The lowest BCUT2D eigenvalue weighted by Crippen LogP contribution is -2.30. The molecule has 0 saturated carbocycles. The Bertz CT molecular complexity index is 1210. The second-order valence-electron chi connectivity index (χ2n) is 21.7. The molecule has 0 aliphatic heterocycles. The minimum atomic E-state index is -0.774. The zero-order chi connectivity index (χ0) is 52.2. The van der Waals surface area contributed by atoms with E-state index >= 15 is 0 Å². The maximum absolute atomic E-state index is 12.9. The molecule has 0 radical (unpaired) electrons. The van der Waals surface area contributed by atoms with Crippen molar-refractivity contribution in [3.8, 4) is 0 Å². The van der Waals surface area contributed by atoms with Gasteiger partial charge >= 0.3 is 17.9 Å². The molecular formula is C66H122O6. The van der Waals surface area contributed by atoms with E-state index in [1.807, 2.05) is 0 Å². The molecule has 0 rings (SSSR count). The summed E-state index contributed by atoms with van der Waals surface area (Å²) in [5.74, 6) is -0.858. The molecule has 0 heterocycles. The van der Waals surface area contributed by atoms with Crippen molar-refractivity contribution in [2.45, 2.75) is 354 Å². The van der Waals surface area contributed by atoms with Crippen LogP contribution in [0.4, 0.5) is 0 Å². The predicted molar refractivity (Wildman–Crippen MR) is 312 cm³/mol. The molecular weight excluding hydrogens is 889 g/mol. The maximum atomic E-state index is 12.9. The monoisotopic (exact) mass is 1010 g/mol. The number of rotatable bonds is 59. The summed E-state index contributed by atoms with van der Waals surface area (Å²) < 4.78 is 16.9. The van der Waals surface area contributed by atoms with Crippen LogP contribution in [0.2, 0.25) is 0 Å². The molecule has 422 valence electrons. The SMILES string of the molecule is CCCCCCC/C=C\C/C=C\CCCCCCCCCCCCCCCC(=O)OCC(COC(=O)CCCCCCCCCCCCCCCC)OC(=O)CCCCCCC/C=C\CCCCCCCC. The van der Waals surface area contributed by atoms with Gasteiger partial charge in [0, 0.05) is 19.3 Å². The average molecular weight is 1010 g/mol. The summed E-state index contributed by atoms with van der Waals surface area (Å²) in [5.41, 5.74) is 0. The first-order valence-electron chi connectivity index (χ1n) is 32.0. The van der Waals surface area contributed by atoms with Crippen LogP contribution in [0, 0.1) is 0 Å². The Kier molecular flexibility index (Phi) is 59.2. The van der Waals surface area contributed by atoms with Crippen LogP contribution in [-0.2, 0) is 28.6 Å². The fraction of sp³-hybridized carbons (Fsp3) is 0.864. The molecule has 0 aromatic rings. The van der Waals surface area contributed by atoms with E-state index in [0.717, 1.165) is 70.6 Å². The fourth-order valence-corrected chi connectivity index (χ4v) is 9.53. The van der Waals surface area contributed by atoms with Crippen LogP contribution in [0.5, 0.6) is 0 Å². The normalized spacial score (nSPS) is 12.2. The molecule has 0 aliphatic carbocycles. The molecule has 1 atom stereocenters. The van der Waals surface area contributed by atoms with Crippen LogP contribution in [-0.4, -0.2) is 37.2 Å². The highest BCUT2D eigenvalue weighted by molar-refractivity contribution is 5.71. The predicted octanol–water partition coefficient (Wildman–Crippen LogP) is 21.6. The van der Waals surface area contributed by atoms with Gasteiger partial charge in [-0.15, -0.1) is 0 Å². The summed E-state index contributed by atoms with van der Waals surface area (Å²) in [7, 11) is 0. The van der Waals surface area contributed by atoms with Crippen molar-refractivity contribution in [2.24, 2.45) is 0 Å². The molecule has 0 bridgehead atoms. The van der Waals surface area contributed by atoms with Gasteiger partial charge in [-0.3, -0.25) is 14.4 Å². The van der Waals surface area contributed by atoms with Gasteiger partial charge in [-0.2, -0.15) is 0 Å². The van der Waals surface area contributed by atoms with Crippen LogP contribution in [0.15, 0.2) is 36.5 Å². The van der Waals surface area contributed by atoms with Gasteiger partial charge < -0.3 is 14.2 Å². The van der Waals surface area contributed by atoms with Gasteiger partial charge in [-0.05, 0) is 77.0 Å². The third-order valence-corrected chi connectivity index (χ3v) is 14.4. The largest absolute Gasteiger partial charge is 0.462 e. The molecule has 1 unspecified atom stereocenters. The molecule has 0 aromatic carbocycles. The van der Waals surface area contributed by atoms with Crippen molar-refractivity contribution in [3.05, 3.63) is 36.5 Å². The van der Waals surface area contributed by atoms with Gasteiger partial charge in [-0.1, -0.05) is 288 Å². The van der Waals surface area contributed by atoms with Gasteiger partial charge in [0.15, 0.2) is 6.10 Å². The molecule has 0 N–H and O–H groups in total. The highest BCUT2D eigenvalue weighted by Gasteiger charge is 2.19. The molecule has 0 saturated heterocycles. The van der Waals surface area contributed by atoms with E-state index in [9.17, 15) is 14.4 Å². The first kappa shape index (κ1) is 69.6. The van der Waals surface area contributed by atoms with Crippen molar-refractivity contribution in [1.82, 2.24) is 0 Å². The lowest BCUT2D eigenvalue weighted by molar-refractivity contribution is -0.167. The van der Waals surface area contributed by atoms with Crippen LogP contribution >= 0.6 is 0 Å². The molecule has 0 spiro atoms. The number of ether oxygens (including phenoxy) is 3. The second-order valence-corrected chi connectivity index (χ2v) is 21.7.